The number of aromatic nitrogens is 3. The fraction of sp³-hybridized carbons (Fsp3) is 0.697. The van der Waals surface area contributed by atoms with E-state index in [1.165, 1.54) is 24.5 Å². The number of halogens is 1. The Hall–Kier alpha value is -2.90. The van der Waals surface area contributed by atoms with Crippen LogP contribution in [0, 0.1) is 17.2 Å². The Balaban J connectivity index is 1.18. The molecule has 1 aromatic heterocycles. The Morgan fingerprint density at radius 1 is 1.09 bits per heavy atom. The Labute approximate surface area is 273 Å². The van der Waals surface area contributed by atoms with Gasteiger partial charge >= 0.3 is 0 Å². The summed E-state index contributed by atoms with van der Waals surface area (Å²) in [5.74, 6) is 0.756. The van der Waals surface area contributed by atoms with Gasteiger partial charge in [-0.25, -0.2) is 22.5 Å². The number of carbonyl (C=O) groups excluding carboxylic acids is 1. The maximum Gasteiger partial charge on any atom is 0.282 e. The molecule has 46 heavy (non-hydrogen) atoms. The van der Waals surface area contributed by atoms with E-state index in [-0.39, 0.29) is 47.0 Å². The molecule has 1 aliphatic carbocycles. The zero-order valence-corrected chi connectivity index (χ0v) is 28.7. The average molecular weight is 660 g/mol. The number of carbonyl (C=O) groups is 1. The summed E-state index contributed by atoms with van der Waals surface area (Å²) in [6.07, 6.45) is 8.77. The predicted octanol–water partition coefficient (Wildman–Crippen LogP) is 4.85. The van der Waals surface area contributed by atoms with Crippen LogP contribution in [0.3, 0.4) is 0 Å². The van der Waals surface area contributed by atoms with E-state index in [9.17, 15) is 17.6 Å². The van der Waals surface area contributed by atoms with E-state index in [4.69, 9.17) is 4.74 Å². The Kier molecular flexibility index (Phi) is 10.8. The van der Waals surface area contributed by atoms with Gasteiger partial charge in [0.1, 0.15) is 17.9 Å². The van der Waals surface area contributed by atoms with Gasteiger partial charge in [0.15, 0.2) is 5.82 Å². The van der Waals surface area contributed by atoms with Crippen LogP contribution in [-0.2, 0) is 10.0 Å². The summed E-state index contributed by atoms with van der Waals surface area (Å²) in [6, 6.07) is 3.88. The topological polar surface area (TPSA) is 121 Å². The van der Waals surface area contributed by atoms with E-state index in [1.807, 2.05) is 27.7 Å². The molecule has 0 radical (unpaired) electrons. The third-order valence-electron chi connectivity index (χ3n) is 10.1. The van der Waals surface area contributed by atoms with Crippen molar-refractivity contribution in [3.63, 3.8) is 0 Å². The Morgan fingerprint density at radius 2 is 1.78 bits per heavy atom. The lowest BCUT2D eigenvalue weighted by Gasteiger charge is -2.46. The van der Waals surface area contributed by atoms with Crippen molar-refractivity contribution in [2.45, 2.75) is 97.7 Å². The fourth-order valence-electron chi connectivity index (χ4n) is 7.54. The van der Waals surface area contributed by atoms with Gasteiger partial charge in [-0.2, -0.15) is 0 Å². The molecule has 0 unspecified atom stereocenters. The first-order chi connectivity index (χ1) is 21.9. The van der Waals surface area contributed by atoms with Crippen LogP contribution in [-0.4, -0.2) is 95.9 Å². The first-order valence-corrected chi connectivity index (χ1v) is 18.5. The number of nitrogens with zero attached hydrogens (tertiary/aromatic N) is 6. The molecule has 2 saturated heterocycles. The first kappa shape index (κ1) is 34.4. The number of hydrogen-bond donors (Lipinski definition) is 1. The number of benzene rings is 1. The number of likely N-dealkylation sites (tertiary alicyclic amines) is 1. The summed E-state index contributed by atoms with van der Waals surface area (Å²) in [5, 5.41) is 8.18. The van der Waals surface area contributed by atoms with Crippen LogP contribution in [0.5, 0.6) is 11.6 Å². The van der Waals surface area contributed by atoms with Gasteiger partial charge in [0, 0.05) is 37.8 Å². The lowest BCUT2D eigenvalue weighted by Crippen LogP contribution is -2.46. The normalized spacial score (nSPS) is 21.0. The third-order valence-corrected chi connectivity index (χ3v) is 11.5. The van der Waals surface area contributed by atoms with Gasteiger partial charge in [-0.1, -0.05) is 0 Å². The second kappa shape index (κ2) is 14.5. The molecular weight excluding hydrogens is 609 g/mol. The van der Waals surface area contributed by atoms with Crippen LogP contribution in [0.2, 0.25) is 0 Å². The van der Waals surface area contributed by atoms with Gasteiger partial charge in [-0.15, -0.1) is 10.2 Å². The molecule has 1 N–H and O–H groups in total. The molecule has 3 heterocycles. The van der Waals surface area contributed by atoms with E-state index < -0.39 is 15.8 Å². The van der Waals surface area contributed by atoms with Crippen LogP contribution >= 0.6 is 0 Å². The maximum atomic E-state index is 14.4. The van der Waals surface area contributed by atoms with Crippen molar-refractivity contribution < 1.29 is 22.3 Å². The predicted molar refractivity (Wildman–Crippen MR) is 176 cm³/mol. The molecule has 5 rings (SSSR count). The minimum absolute atomic E-state index is 0.0756. The summed E-state index contributed by atoms with van der Waals surface area (Å²) in [6.45, 7) is 14.2. The molecular formula is C33H50FN7O4S. The summed E-state index contributed by atoms with van der Waals surface area (Å²) < 4.78 is 47.4. The van der Waals surface area contributed by atoms with E-state index in [2.05, 4.69) is 29.7 Å². The Morgan fingerprint density at radius 3 is 2.43 bits per heavy atom. The molecule has 2 aromatic rings. The van der Waals surface area contributed by atoms with Crippen molar-refractivity contribution in [3.8, 4) is 11.6 Å². The molecule has 11 nitrogen and oxygen atoms in total. The monoisotopic (exact) mass is 659 g/mol. The van der Waals surface area contributed by atoms with Crippen LogP contribution in [0.1, 0.15) is 89.9 Å². The zero-order valence-electron chi connectivity index (χ0n) is 27.9. The second-order valence-electron chi connectivity index (χ2n) is 13.9. The van der Waals surface area contributed by atoms with E-state index >= 15 is 0 Å². The lowest BCUT2D eigenvalue weighted by molar-refractivity contribution is 0.0551. The highest BCUT2D eigenvalue weighted by Gasteiger charge is 2.39. The molecule has 13 heteroatoms. The molecule has 1 spiro atoms. The number of hydrogen-bond acceptors (Lipinski definition) is 9. The number of nitrogens with one attached hydrogen (secondary N) is 1. The van der Waals surface area contributed by atoms with Gasteiger partial charge in [0.25, 0.3) is 11.8 Å². The molecule has 254 valence electrons. The number of anilines is 1. The molecule has 1 saturated carbocycles. The van der Waals surface area contributed by atoms with Crippen molar-refractivity contribution in [2.24, 2.45) is 11.3 Å². The lowest BCUT2D eigenvalue weighted by atomic mass is 9.67. The van der Waals surface area contributed by atoms with Crippen LogP contribution in [0.15, 0.2) is 24.5 Å². The average Bonchev–Trinajstić information content (AvgIpc) is 3.48. The number of rotatable bonds is 11. The van der Waals surface area contributed by atoms with Crippen molar-refractivity contribution in [1.29, 1.82) is 0 Å². The minimum Gasteiger partial charge on any atom is -0.434 e. The molecule has 0 bridgehead atoms. The molecule has 3 aliphatic rings. The highest BCUT2D eigenvalue weighted by atomic mass is 32.2. The smallest absolute Gasteiger partial charge is 0.282 e. The first-order valence-electron chi connectivity index (χ1n) is 16.8. The number of ether oxygens (including phenoxy) is 1. The third kappa shape index (κ3) is 8.14. The fourth-order valence-corrected chi connectivity index (χ4v) is 8.45. The maximum absolute atomic E-state index is 14.4. The van der Waals surface area contributed by atoms with Gasteiger partial charge in [0.2, 0.25) is 10.0 Å². The van der Waals surface area contributed by atoms with Gasteiger partial charge in [-0.05, 0) is 122 Å². The standard InChI is InChI=1S/C33H50FN7O4S/c1-6-46(43,44)38-27-9-12-33(13-10-27)14-17-39(18-15-33)20-25-11-16-40(21-25)30-31(37-36-22-35-30)45-29-8-7-26(34)19-28(29)32(42)41(23(2)3)24(4)5/h7-8,19,22-25,27,38H,6,9-18,20-21H2,1-5H3/t25-/m0/s1. The quantitative estimate of drug-likeness (QED) is 0.361. The van der Waals surface area contributed by atoms with Crippen LogP contribution in [0.25, 0.3) is 0 Å². The second-order valence-corrected chi connectivity index (χ2v) is 16.0. The van der Waals surface area contributed by atoms with Crippen LogP contribution < -0.4 is 14.4 Å². The number of piperidine rings is 1. The van der Waals surface area contributed by atoms with E-state index in [0.717, 1.165) is 77.7 Å². The molecule has 3 fully saturated rings. The van der Waals surface area contributed by atoms with Crippen molar-refractivity contribution in [2.75, 3.05) is 43.4 Å². The molecule has 1 amide bonds. The van der Waals surface area contributed by atoms with Gasteiger partial charge in [0.05, 0.1) is 11.3 Å². The van der Waals surface area contributed by atoms with Gasteiger partial charge in [-0.3, -0.25) is 4.79 Å². The number of sulfonamides is 1. The largest absolute Gasteiger partial charge is 0.434 e. The molecule has 1 aromatic carbocycles. The summed E-state index contributed by atoms with van der Waals surface area (Å²) in [4.78, 5) is 24.5. The molecule has 1 atom stereocenters. The SMILES string of the molecule is CCS(=O)(=O)NC1CCC2(CC1)CCN(C[C@@H]1CCN(c3ncnnc3Oc3ccc(F)cc3C(=O)N(C(C)C)C(C)C)C1)CC2. The Bertz CT molecular complexity index is 1450. The van der Waals surface area contributed by atoms with E-state index in [1.54, 1.807) is 11.8 Å². The highest BCUT2D eigenvalue weighted by Crippen LogP contribution is 2.45. The highest BCUT2D eigenvalue weighted by molar-refractivity contribution is 7.89. The summed E-state index contributed by atoms with van der Waals surface area (Å²) >= 11 is 0. The summed E-state index contributed by atoms with van der Waals surface area (Å²) in [7, 11) is -3.15. The van der Waals surface area contributed by atoms with Crippen LogP contribution in [0.4, 0.5) is 10.2 Å². The van der Waals surface area contributed by atoms with E-state index in [0.29, 0.717) is 17.2 Å². The molecule has 2 aliphatic heterocycles. The van der Waals surface area contributed by atoms with Crippen molar-refractivity contribution in [1.82, 2.24) is 29.7 Å². The zero-order chi connectivity index (χ0) is 33.1. The summed E-state index contributed by atoms with van der Waals surface area (Å²) in [5.41, 5.74) is 0.477. The van der Waals surface area contributed by atoms with Crippen molar-refractivity contribution >= 4 is 21.7 Å². The number of amides is 1. The van der Waals surface area contributed by atoms with Crippen molar-refractivity contribution in [3.05, 3.63) is 35.9 Å². The minimum atomic E-state index is -3.15. The van der Waals surface area contributed by atoms with Gasteiger partial charge < -0.3 is 19.4 Å².